The number of rotatable bonds is 8. The molecule has 0 radical (unpaired) electrons. The number of nitrogens with one attached hydrogen (secondary N) is 1. The topological polar surface area (TPSA) is 55.1 Å². The van der Waals surface area contributed by atoms with Crippen LogP contribution < -0.4 is 11.1 Å². The van der Waals surface area contributed by atoms with E-state index >= 15 is 0 Å². The minimum Gasteiger partial charge on any atom is -0.399 e. The van der Waals surface area contributed by atoms with Gasteiger partial charge in [-0.2, -0.15) is 0 Å². The van der Waals surface area contributed by atoms with Gasteiger partial charge in [-0.05, 0) is 36.6 Å². The summed E-state index contributed by atoms with van der Waals surface area (Å²) >= 11 is 0. The lowest BCUT2D eigenvalue weighted by Gasteiger charge is -2.16. The van der Waals surface area contributed by atoms with Crippen molar-refractivity contribution in [2.75, 3.05) is 5.73 Å². The summed E-state index contributed by atoms with van der Waals surface area (Å²) in [7, 11) is 0. The van der Waals surface area contributed by atoms with Crippen LogP contribution in [0.15, 0.2) is 30.3 Å². The third kappa shape index (κ3) is 6.41. The molecule has 0 spiro atoms. The molecule has 0 aliphatic heterocycles. The lowest BCUT2D eigenvalue weighted by atomic mass is 10.1. The van der Waals surface area contributed by atoms with Crippen LogP contribution in [0.4, 0.5) is 5.69 Å². The maximum atomic E-state index is 11.9. The molecule has 3 heteroatoms. The number of amides is 1. The van der Waals surface area contributed by atoms with Crippen molar-refractivity contribution in [1.82, 2.24) is 5.32 Å². The van der Waals surface area contributed by atoms with Crippen LogP contribution in [0.2, 0.25) is 0 Å². The molecule has 0 bridgehead atoms. The van der Waals surface area contributed by atoms with Crippen molar-refractivity contribution >= 4 is 17.7 Å². The molecule has 0 heterocycles. The normalized spacial score (nSPS) is 12.5. The lowest BCUT2D eigenvalue weighted by molar-refractivity contribution is -0.117. The van der Waals surface area contributed by atoms with E-state index in [0.717, 1.165) is 43.4 Å². The zero-order chi connectivity index (χ0) is 14.8. The Morgan fingerprint density at radius 3 is 2.50 bits per heavy atom. The number of nitrogen functional groups attached to an aromatic ring is 1. The number of anilines is 1. The first-order valence-electron chi connectivity index (χ1n) is 7.49. The van der Waals surface area contributed by atoms with Gasteiger partial charge in [-0.3, -0.25) is 4.79 Å². The molecule has 1 unspecified atom stereocenters. The Morgan fingerprint density at radius 2 is 1.90 bits per heavy atom. The highest BCUT2D eigenvalue weighted by Gasteiger charge is 2.08. The fraction of sp³-hybridized carbons (Fsp3) is 0.471. The highest BCUT2D eigenvalue weighted by atomic mass is 16.1. The summed E-state index contributed by atoms with van der Waals surface area (Å²) in [4.78, 5) is 11.9. The average Bonchev–Trinajstić information content (AvgIpc) is 2.44. The zero-order valence-corrected chi connectivity index (χ0v) is 12.6. The van der Waals surface area contributed by atoms with Gasteiger partial charge < -0.3 is 11.1 Å². The van der Waals surface area contributed by atoms with Crippen LogP contribution >= 0.6 is 0 Å². The fourth-order valence-electron chi connectivity index (χ4n) is 2.12. The molecule has 1 aromatic rings. The largest absolute Gasteiger partial charge is 0.399 e. The summed E-state index contributed by atoms with van der Waals surface area (Å²) < 4.78 is 0. The van der Waals surface area contributed by atoms with Crippen molar-refractivity contribution in [3.63, 3.8) is 0 Å². The molecule has 1 atom stereocenters. The van der Waals surface area contributed by atoms with Crippen molar-refractivity contribution in [1.29, 1.82) is 0 Å². The summed E-state index contributed by atoms with van der Waals surface area (Å²) in [6.07, 6.45) is 8.94. The number of carbonyl (C=O) groups excluding carboxylic acids is 1. The molecule has 0 saturated carbocycles. The van der Waals surface area contributed by atoms with Crippen LogP contribution in [-0.2, 0) is 4.79 Å². The van der Waals surface area contributed by atoms with E-state index in [2.05, 4.69) is 19.2 Å². The first-order valence-corrected chi connectivity index (χ1v) is 7.49. The van der Waals surface area contributed by atoms with Crippen LogP contribution in [0.1, 0.15) is 51.5 Å². The van der Waals surface area contributed by atoms with Crippen molar-refractivity contribution in [3.8, 4) is 0 Å². The van der Waals surface area contributed by atoms with Gasteiger partial charge in [-0.25, -0.2) is 0 Å². The van der Waals surface area contributed by atoms with Crippen molar-refractivity contribution < 1.29 is 4.79 Å². The summed E-state index contributed by atoms with van der Waals surface area (Å²) in [6, 6.07) is 7.76. The average molecular weight is 274 g/mol. The maximum Gasteiger partial charge on any atom is 0.244 e. The molecule has 1 aromatic carbocycles. The molecule has 0 aliphatic carbocycles. The van der Waals surface area contributed by atoms with Gasteiger partial charge in [-0.15, -0.1) is 0 Å². The maximum absolute atomic E-state index is 11.9. The first kappa shape index (κ1) is 16.3. The lowest BCUT2D eigenvalue weighted by Crippen LogP contribution is -2.33. The SMILES string of the molecule is CCCCC(CCC)NC(=O)/C=C/c1ccc(N)cc1. The number of hydrogen-bond acceptors (Lipinski definition) is 2. The third-order valence-corrected chi connectivity index (χ3v) is 3.25. The Hall–Kier alpha value is -1.77. The van der Waals surface area contributed by atoms with Crippen molar-refractivity contribution in [3.05, 3.63) is 35.9 Å². The second-order valence-corrected chi connectivity index (χ2v) is 5.14. The second-order valence-electron chi connectivity index (χ2n) is 5.14. The summed E-state index contributed by atoms with van der Waals surface area (Å²) in [6.45, 7) is 4.32. The van der Waals surface area contributed by atoms with Crippen molar-refractivity contribution in [2.45, 2.75) is 52.0 Å². The van der Waals surface area contributed by atoms with Crippen LogP contribution in [0, 0.1) is 0 Å². The van der Waals surface area contributed by atoms with Gasteiger partial charge in [0.05, 0.1) is 0 Å². The number of nitrogens with two attached hydrogens (primary N) is 1. The number of benzene rings is 1. The summed E-state index contributed by atoms with van der Waals surface area (Å²) in [5.41, 5.74) is 7.34. The molecule has 0 aliphatic rings. The minimum absolute atomic E-state index is 0.0172. The van der Waals surface area contributed by atoms with Gasteiger partial charge >= 0.3 is 0 Å². The highest BCUT2D eigenvalue weighted by Crippen LogP contribution is 2.08. The van der Waals surface area contributed by atoms with E-state index in [1.165, 1.54) is 0 Å². The predicted molar refractivity (Wildman–Crippen MR) is 86.3 cm³/mol. The number of carbonyl (C=O) groups is 1. The van der Waals surface area contributed by atoms with E-state index < -0.39 is 0 Å². The second kappa shape index (κ2) is 9.18. The van der Waals surface area contributed by atoms with Crippen molar-refractivity contribution in [2.24, 2.45) is 0 Å². The molecule has 3 N–H and O–H groups in total. The Bertz CT molecular complexity index is 423. The quantitative estimate of drug-likeness (QED) is 0.560. The Kier molecular flexibility index (Phi) is 7.48. The fourth-order valence-corrected chi connectivity index (χ4v) is 2.12. The molecule has 0 aromatic heterocycles. The molecule has 1 amide bonds. The van der Waals surface area contributed by atoms with Crippen LogP contribution in [-0.4, -0.2) is 11.9 Å². The third-order valence-electron chi connectivity index (χ3n) is 3.25. The van der Waals surface area contributed by atoms with Gasteiger partial charge in [0.1, 0.15) is 0 Å². The standard InChI is InChI=1S/C17H26N2O/c1-3-5-7-16(6-4-2)19-17(20)13-10-14-8-11-15(18)12-9-14/h8-13,16H,3-7,18H2,1-2H3,(H,19,20)/b13-10+. The van der Waals surface area contributed by atoms with Gasteiger partial charge in [0.15, 0.2) is 0 Å². The number of hydrogen-bond donors (Lipinski definition) is 2. The van der Waals surface area contributed by atoms with Crippen LogP contribution in [0.5, 0.6) is 0 Å². The zero-order valence-electron chi connectivity index (χ0n) is 12.6. The summed E-state index contributed by atoms with van der Waals surface area (Å²) in [5.74, 6) is -0.0172. The molecule has 0 saturated heterocycles. The van der Waals surface area contributed by atoms with Gasteiger partial charge in [0.2, 0.25) is 5.91 Å². The summed E-state index contributed by atoms with van der Waals surface area (Å²) in [5, 5.41) is 3.08. The van der Waals surface area contributed by atoms with E-state index in [9.17, 15) is 4.79 Å². The number of unbranched alkanes of at least 4 members (excludes halogenated alkanes) is 1. The Morgan fingerprint density at radius 1 is 1.20 bits per heavy atom. The Labute approximate surface area is 122 Å². The molecule has 110 valence electrons. The first-order chi connectivity index (χ1) is 9.65. The monoisotopic (exact) mass is 274 g/mol. The van der Waals surface area contributed by atoms with E-state index in [1.54, 1.807) is 6.08 Å². The predicted octanol–water partition coefficient (Wildman–Crippen LogP) is 3.76. The molecular formula is C17H26N2O. The Balaban J connectivity index is 2.49. The molecule has 0 fully saturated rings. The van der Waals surface area contributed by atoms with E-state index in [0.29, 0.717) is 6.04 Å². The van der Waals surface area contributed by atoms with Gasteiger partial charge in [0, 0.05) is 17.8 Å². The molecular weight excluding hydrogens is 248 g/mol. The molecule has 1 rings (SSSR count). The van der Waals surface area contributed by atoms with Gasteiger partial charge in [-0.1, -0.05) is 45.2 Å². The smallest absolute Gasteiger partial charge is 0.244 e. The molecule has 3 nitrogen and oxygen atoms in total. The molecule has 20 heavy (non-hydrogen) atoms. The van der Waals surface area contributed by atoms with E-state index in [-0.39, 0.29) is 5.91 Å². The van der Waals surface area contributed by atoms with Crippen LogP contribution in [0.25, 0.3) is 6.08 Å². The van der Waals surface area contributed by atoms with E-state index in [4.69, 9.17) is 5.73 Å². The van der Waals surface area contributed by atoms with Crippen LogP contribution in [0.3, 0.4) is 0 Å². The van der Waals surface area contributed by atoms with E-state index in [1.807, 2.05) is 30.3 Å². The highest BCUT2D eigenvalue weighted by molar-refractivity contribution is 5.91. The minimum atomic E-state index is -0.0172. The van der Waals surface area contributed by atoms with Gasteiger partial charge in [0.25, 0.3) is 0 Å².